The maximum absolute atomic E-state index is 14.1. The molecule has 190 valence electrons. The highest BCUT2D eigenvalue weighted by molar-refractivity contribution is 5.99. The first kappa shape index (κ1) is 26.4. The first-order valence-electron chi connectivity index (χ1n) is 12.6. The summed E-state index contributed by atoms with van der Waals surface area (Å²) in [5.74, 6) is -2.02. The summed E-state index contributed by atoms with van der Waals surface area (Å²) in [7, 11) is 1.71. The third-order valence-corrected chi connectivity index (χ3v) is 8.15. The standard InChI is InChI=1S/C26H41N3O5/c1-7-11-18(5)28(15-9-3)24(33)21-26-13-12-25(10-4,34-26)19(22(31)27(6)14-8-2)20(26)23(32)29(21)16-17-30/h8-9,18-21,30H,2-3,7,10-17H2,1,4-6H3/t18?,19-,20+,21?,25+,26?/m1/s1. The van der Waals surface area contributed by atoms with Crippen molar-refractivity contribution in [2.45, 2.75) is 76.2 Å². The minimum Gasteiger partial charge on any atom is -0.395 e. The van der Waals surface area contributed by atoms with Gasteiger partial charge in [-0.2, -0.15) is 0 Å². The highest BCUT2D eigenvalue weighted by Crippen LogP contribution is 2.64. The summed E-state index contributed by atoms with van der Waals surface area (Å²) in [5.41, 5.74) is -1.84. The summed E-state index contributed by atoms with van der Waals surface area (Å²) in [6.07, 6.45) is 6.83. The third-order valence-electron chi connectivity index (χ3n) is 8.15. The summed E-state index contributed by atoms with van der Waals surface area (Å²) in [5, 5.41) is 9.78. The van der Waals surface area contributed by atoms with Crippen LogP contribution in [0.3, 0.4) is 0 Å². The van der Waals surface area contributed by atoms with Crippen molar-refractivity contribution in [2.24, 2.45) is 11.8 Å². The molecular formula is C26H41N3O5. The lowest BCUT2D eigenvalue weighted by atomic mass is 9.64. The van der Waals surface area contributed by atoms with E-state index < -0.39 is 29.1 Å². The van der Waals surface area contributed by atoms with Crippen LogP contribution in [0, 0.1) is 11.8 Å². The second-order valence-corrected chi connectivity index (χ2v) is 10.0. The fourth-order valence-electron chi connectivity index (χ4n) is 6.60. The van der Waals surface area contributed by atoms with Gasteiger partial charge in [-0.3, -0.25) is 14.4 Å². The molecule has 3 fully saturated rings. The number of fused-ring (bicyclic) bond motifs is 1. The summed E-state index contributed by atoms with van der Waals surface area (Å²) in [6, 6.07) is -0.903. The molecule has 1 spiro atoms. The van der Waals surface area contributed by atoms with E-state index in [1.165, 1.54) is 4.90 Å². The molecule has 3 aliphatic heterocycles. The molecular weight excluding hydrogens is 434 g/mol. The number of carbonyl (C=O) groups is 3. The van der Waals surface area contributed by atoms with E-state index in [1.54, 1.807) is 29.0 Å². The Kier molecular flexibility index (Phi) is 7.92. The van der Waals surface area contributed by atoms with E-state index in [2.05, 4.69) is 20.1 Å². The van der Waals surface area contributed by atoms with Crippen molar-refractivity contribution < 1.29 is 24.2 Å². The van der Waals surface area contributed by atoms with Gasteiger partial charge in [-0.25, -0.2) is 0 Å². The van der Waals surface area contributed by atoms with Crippen LogP contribution >= 0.6 is 0 Å². The van der Waals surface area contributed by atoms with Crippen LogP contribution in [0.1, 0.15) is 52.9 Å². The molecule has 2 bridgehead atoms. The molecule has 8 heteroatoms. The predicted octanol–water partition coefficient (Wildman–Crippen LogP) is 1.98. The highest BCUT2D eigenvalue weighted by atomic mass is 16.5. The second-order valence-electron chi connectivity index (χ2n) is 10.0. The predicted molar refractivity (Wildman–Crippen MR) is 130 cm³/mol. The SMILES string of the molecule is C=CCN(C)C(=O)[C@H]1[C@H]2C(=O)N(CCO)C(C(=O)N(CC=C)C(C)CCC)C23CC[C@]1(CC)O3. The Morgan fingerprint density at radius 1 is 1.24 bits per heavy atom. The van der Waals surface area contributed by atoms with Crippen molar-refractivity contribution in [1.29, 1.82) is 0 Å². The van der Waals surface area contributed by atoms with Crippen LogP contribution in [-0.4, -0.2) is 94.1 Å². The molecule has 3 aliphatic rings. The summed E-state index contributed by atoms with van der Waals surface area (Å²) < 4.78 is 6.74. The highest BCUT2D eigenvalue weighted by Gasteiger charge is 2.78. The molecule has 34 heavy (non-hydrogen) atoms. The molecule has 3 amide bonds. The summed E-state index contributed by atoms with van der Waals surface area (Å²) in [4.78, 5) is 46.4. The number of hydrogen-bond acceptors (Lipinski definition) is 5. The van der Waals surface area contributed by atoms with Crippen molar-refractivity contribution in [3.8, 4) is 0 Å². The fourth-order valence-corrected chi connectivity index (χ4v) is 6.60. The van der Waals surface area contributed by atoms with Gasteiger partial charge in [0.25, 0.3) is 0 Å². The van der Waals surface area contributed by atoms with Crippen molar-refractivity contribution in [1.82, 2.24) is 14.7 Å². The zero-order valence-corrected chi connectivity index (χ0v) is 21.2. The molecule has 0 radical (unpaired) electrons. The quantitative estimate of drug-likeness (QED) is 0.436. The van der Waals surface area contributed by atoms with Crippen molar-refractivity contribution in [3.63, 3.8) is 0 Å². The van der Waals surface area contributed by atoms with Crippen LogP contribution in [0.15, 0.2) is 25.3 Å². The maximum Gasteiger partial charge on any atom is 0.248 e. The number of rotatable bonds is 12. The number of ether oxygens (including phenoxy) is 1. The number of β-amino-alcohol motifs (C(OH)–C–C–N with tert-alkyl or cyclic N) is 1. The molecule has 3 saturated heterocycles. The van der Waals surface area contributed by atoms with Gasteiger partial charge in [0.2, 0.25) is 17.7 Å². The molecule has 0 aromatic heterocycles. The maximum atomic E-state index is 14.1. The largest absolute Gasteiger partial charge is 0.395 e. The monoisotopic (exact) mass is 475 g/mol. The number of hydrogen-bond donors (Lipinski definition) is 1. The minimum atomic E-state index is -1.07. The smallest absolute Gasteiger partial charge is 0.248 e. The molecule has 6 atom stereocenters. The Balaban J connectivity index is 2.09. The van der Waals surface area contributed by atoms with Gasteiger partial charge in [0, 0.05) is 32.7 Å². The van der Waals surface area contributed by atoms with E-state index in [-0.39, 0.29) is 36.9 Å². The molecule has 3 unspecified atom stereocenters. The van der Waals surface area contributed by atoms with E-state index in [4.69, 9.17) is 4.74 Å². The van der Waals surface area contributed by atoms with Crippen LogP contribution in [0.2, 0.25) is 0 Å². The van der Waals surface area contributed by atoms with Gasteiger partial charge < -0.3 is 24.5 Å². The molecule has 0 saturated carbocycles. The summed E-state index contributed by atoms with van der Waals surface area (Å²) in [6.45, 7) is 14.1. The van der Waals surface area contributed by atoms with E-state index in [9.17, 15) is 19.5 Å². The van der Waals surface area contributed by atoms with Crippen molar-refractivity contribution >= 4 is 17.7 Å². The van der Waals surface area contributed by atoms with Crippen LogP contribution in [0.5, 0.6) is 0 Å². The Bertz CT molecular complexity index is 831. The van der Waals surface area contributed by atoms with Crippen LogP contribution in [-0.2, 0) is 19.1 Å². The first-order valence-corrected chi connectivity index (χ1v) is 12.6. The normalized spacial score (nSPS) is 32.4. The molecule has 0 aromatic carbocycles. The number of aliphatic hydroxyl groups is 1. The number of carbonyl (C=O) groups excluding carboxylic acids is 3. The number of likely N-dealkylation sites (tertiary alicyclic amines) is 1. The average Bonchev–Trinajstić information content (AvgIpc) is 3.41. The summed E-state index contributed by atoms with van der Waals surface area (Å²) >= 11 is 0. The third kappa shape index (κ3) is 3.88. The molecule has 3 rings (SSSR count). The molecule has 8 nitrogen and oxygen atoms in total. The van der Waals surface area contributed by atoms with Gasteiger partial charge in [-0.1, -0.05) is 32.4 Å². The molecule has 0 aromatic rings. The van der Waals surface area contributed by atoms with Crippen molar-refractivity contribution in [2.75, 3.05) is 33.3 Å². The number of nitrogens with zero attached hydrogens (tertiary/aromatic N) is 3. The Hall–Kier alpha value is -2.19. The van der Waals surface area contributed by atoms with Gasteiger partial charge >= 0.3 is 0 Å². The number of amides is 3. The van der Waals surface area contributed by atoms with E-state index in [0.29, 0.717) is 32.4 Å². The Morgan fingerprint density at radius 3 is 2.47 bits per heavy atom. The van der Waals surface area contributed by atoms with Crippen LogP contribution in [0.4, 0.5) is 0 Å². The zero-order valence-electron chi connectivity index (χ0n) is 21.2. The lowest BCUT2D eigenvalue weighted by Gasteiger charge is -2.38. The average molecular weight is 476 g/mol. The Labute approximate surface area is 203 Å². The van der Waals surface area contributed by atoms with Gasteiger partial charge in [0.1, 0.15) is 11.6 Å². The number of aliphatic hydroxyl groups excluding tert-OH is 1. The lowest BCUT2D eigenvalue weighted by Crippen LogP contribution is -2.58. The zero-order chi connectivity index (χ0) is 25.3. The molecule has 1 N–H and O–H groups in total. The first-order chi connectivity index (χ1) is 16.2. The van der Waals surface area contributed by atoms with Gasteiger partial charge in [0.05, 0.1) is 24.0 Å². The van der Waals surface area contributed by atoms with E-state index >= 15 is 0 Å². The van der Waals surface area contributed by atoms with Gasteiger partial charge in [0.15, 0.2) is 0 Å². The molecule has 3 heterocycles. The van der Waals surface area contributed by atoms with Crippen LogP contribution < -0.4 is 0 Å². The fraction of sp³-hybridized carbons (Fsp3) is 0.731. The molecule has 0 aliphatic carbocycles. The second kappa shape index (κ2) is 10.2. The van der Waals surface area contributed by atoms with E-state index in [0.717, 1.165) is 12.8 Å². The van der Waals surface area contributed by atoms with E-state index in [1.807, 2.05) is 13.8 Å². The lowest BCUT2D eigenvalue weighted by molar-refractivity contribution is -0.156. The minimum absolute atomic E-state index is 0.0312. The Morgan fingerprint density at radius 2 is 1.91 bits per heavy atom. The van der Waals surface area contributed by atoms with Crippen molar-refractivity contribution in [3.05, 3.63) is 25.3 Å². The topological polar surface area (TPSA) is 90.4 Å². The van der Waals surface area contributed by atoms with Gasteiger partial charge in [-0.05, 0) is 32.6 Å². The van der Waals surface area contributed by atoms with Gasteiger partial charge in [-0.15, -0.1) is 13.2 Å². The van der Waals surface area contributed by atoms with Crippen LogP contribution in [0.25, 0.3) is 0 Å². The number of likely N-dealkylation sites (N-methyl/N-ethyl adjacent to an activating group) is 1.